The van der Waals surface area contributed by atoms with Gasteiger partial charge >= 0.3 is 5.97 Å². The van der Waals surface area contributed by atoms with Crippen LogP contribution in [0.2, 0.25) is 39.3 Å². The van der Waals surface area contributed by atoms with Crippen molar-refractivity contribution >= 4 is 22.6 Å². The normalized spacial score (nSPS) is 12.3. The van der Waals surface area contributed by atoms with Crippen LogP contribution in [-0.2, 0) is 10.8 Å². The van der Waals surface area contributed by atoms with Gasteiger partial charge < -0.3 is 8.85 Å². The van der Waals surface area contributed by atoms with Crippen molar-refractivity contribution in [3.05, 3.63) is 41.5 Å². The zero-order valence-corrected chi connectivity index (χ0v) is 26.0. The highest BCUT2D eigenvalue weighted by atomic mass is 28.4. The molecule has 0 aliphatic rings. The molecule has 5 heteroatoms. The highest BCUT2D eigenvalue weighted by molar-refractivity contribution is 6.71. The van der Waals surface area contributed by atoms with E-state index >= 15 is 0 Å². The van der Waals surface area contributed by atoms with Crippen LogP contribution in [0.4, 0.5) is 0 Å². The van der Waals surface area contributed by atoms with Crippen molar-refractivity contribution in [1.82, 2.24) is 0 Å². The number of benzene rings is 1. The van der Waals surface area contributed by atoms with Gasteiger partial charge in [-0.2, -0.15) is 0 Å². The second kappa shape index (κ2) is 17.2. The summed E-state index contributed by atoms with van der Waals surface area (Å²) in [6.45, 7) is 14.9. The van der Waals surface area contributed by atoms with Gasteiger partial charge in [0.15, 0.2) is 0 Å². The Hall–Kier alpha value is -1.34. The number of hydrogen-bond acceptors (Lipinski definition) is 3. The van der Waals surface area contributed by atoms with E-state index in [1.54, 1.807) is 0 Å². The number of unbranched alkanes of at least 4 members (excludes halogenated alkanes) is 11. The van der Waals surface area contributed by atoms with Crippen LogP contribution in [0, 0.1) is 0 Å². The Morgan fingerprint density at radius 3 is 1.83 bits per heavy atom. The van der Waals surface area contributed by atoms with E-state index in [2.05, 4.69) is 64.4 Å². The van der Waals surface area contributed by atoms with Crippen LogP contribution in [0.5, 0.6) is 5.75 Å². The van der Waals surface area contributed by atoms with Crippen molar-refractivity contribution < 1.29 is 13.6 Å². The summed E-state index contributed by atoms with van der Waals surface area (Å²) in [6.07, 6.45) is 22.5. The van der Waals surface area contributed by atoms with Gasteiger partial charge in [-0.25, -0.2) is 4.79 Å². The molecule has 0 atom stereocenters. The van der Waals surface area contributed by atoms with Gasteiger partial charge in [0.25, 0.3) is 0 Å². The second-order valence-corrected chi connectivity index (χ2v) is 20.7. The maximum atomic E-state index is 13.1. The molecule has 0 radical (unpaired) electrons. The highest BCUT2D eigenvalue weighted by Crippen LogP contribution is 2.28. The van der Waals surface area contributed by atoms with Crippen LogP contribution in [0.25, 0.3) is 0 Å². The number of allylic oxidation sites excluding steroid dienone is 2. The molecule has 0 aromatic heterocycles. The van der Waals surface area contributed by atoms with Gasteiger partial charge in [-0.1, -0.05) is 82.6 Å². The molecule has 0 unspecified atom stereocenters. The molecular weight excluding hydrogens is 464 g/mol. The topological polar surface area (TPSA) is 35.5 Å². The summed E-state index contributed by atoms with van der Waals surface area (Å²) in [4.78, 5) is 13.1. The third kappa shape index (κ3) is 16.1. The second-order valence-electron chi connectivity index (χ2n) is 11.8. The zero-order chi connectivity index (χ0) is 26.2. The third-order valence-corrected chi connectivity index (χ3v) is 7.47. The van der Waals surface area contributed by atoms with Gasteiger partial charge in [-0.3, -0.25) is 0 Å². The summed E-state index contributed by atoms with van der Waals surface area (Å²) in [6, 6.07) is 6.04. The van der Waals surface area contributed by atoms with E-state index in [0.29, 0.717) is 11.3 Å². The molecule has 0 spiro atoms. The summed E-state index contributed by atoms with van der Waals surface area (Å²) in [5, 5.41) is 0. The lowest BCUT2D eigenvalue weighted by atomic mass is 9.99. The maximum absolute atomic E-state index is 13.1. The minimum absolute atomic E-state index is 0.206. The van der Waals surface area contributed by atoms with E-state index in [-0.39, 0.29) is 5.97 Å². The molecule has 1 aromatic carbocycles. The first-order chi connectivity index (χ1) is 16.5. The van der Waals surface area contributed by atoms with E-state index < -0.39 is 16.6 Å². The zero-order valence-electron chi connectivity index (χ0n) is 24.0. The van der Waals surface area contributed by atoms with Crippen molar-refractivity contribution in [3.8, 4) is 5.75 Å². The maximum Gasteiger partial charge on any atom is 0.328 e. The lowest BCUT2D eigenvalue weighted by Crippen LogP contribution is -2.32. The smallest absolute Gasteiger partial charge is 0.328 e. The Kier molecular flexibility index (Phi) is 15.6. The summed E-state index contributed by atoms with van der Waals surface area (Å²) >= 11 is 0. The number of carbonyl (C=O) groups excluding carboxylic acids is 1. The average Bonchev–Trinajstić information content (AvgIpc) is 2.74. The molecule has 0 bridgehead atoms. The Labute approximate surface area is 219 Å². The molecule has 0 amide bonds. The Morgan fingerprint density at radius 1 is 0.743 bits per heavy atom. The quantitative estimate of drug-likeness (QED) is 0.104. The van der Waals surface area contributed by atoms with Crippen LogP contribution < -0.4 is 4.43 Å². The SMILES string of the molecule is CCCCCC/C=C\CCCCCCCCCc1cccc(O[Si](C)(C)C)c1C(=O)O[Si](C)(C)C. The molecule has 1 aromatic rings. The fourth-order valence-electron chi connectivity index (χ4n) is 4.15. The molecule has 0 heterocycles. The number of carbonyl (C=O) groups is 1. The molecule has 0 aliphatic carbocycles. The van der Waals surface area contributed by atoms with Gasteiger partial charge in [-0.15, -0.1) is 0 Å². The molecule has 0 saturated heterocycles. The fourth-order valence-corrected chi connectivity index (χ4v) is 5.63. The van der Waals surface area contributed by atoms with Crippen LogP contribution >= 0.6 is 0 Å². The van der Waals surface area contributed by atoms with Crippen molar-refractivity contribution in [2.45, 2.75) is 136 Å². The standard InChI is InChI=1S/C30H54O3Si2/c1-8-9-10-11-12-13-14-15-16-17-18-19-20-21-22-24-27-25-23-26-28(32-34(2,3)4)29(27)30(31)33-35(5,6)7/h13-14,23,25-26H,8-12,15-22,24H2,1-7H3/b14-13-. The van der Waals surface area contributed by atoms with Crippen molar-refractivity contribution in [2.75, 3.05) is 0 Å². The van der Waals surface area contributed by atoms with E-state index in [0.717, 1.165) is 18.4 Å². The molecule has 1 rings (SSSR count). The molecular formula is C30H54O3Si2. The van der Waals surface area contributed by atoms with Gasteiger partial charge in [0, 0.05) is 0 Å². The first kappa shape index (κ1) is 31.7. The Bertz CT molecular complexity index is 745. The molecule has 0 fully saturated rings. The van der Waals surface area contributed by atoms with Crippen LogP contribution in [0.1, 0.15) is 106 Å². The highest BCUT2D eigenvalue weighted by Gasteiger charge is 2.27. The molecule has 3 nitrogen and oxygen atoms in total. The van der Waals surface area contributed by atoms with Crippen molar-refractivity contribution in [3.63, 3.8) is 0 Å². The van der Waals surface area contributed by atoms with Crippen LogP contribution in [0.15, 0.2) is 30.4 Å². The summed E-state index contributed by atoms with van der Waals surface area (Å²) < 4.78 is 12.2. The monoisotopic (exact) mass is 518 g/mol. The molecule has 0 aliphatic heterocycles. The van der Waals surface area contributed by atoms with E-state index in [1.807, 2.05) is 12.1 Å². The van der Waals surface area contributed by atoms with Crippen molar-refractivity contribution in [1.29, 1.82) is 0 Å². The van der Waals surface area contributed by atoms with Gasteiger partial charge in [-0.05, 0) is 89.4 Å². The van der Waals surface area contributed by atoms with E-state index in [1.165, 1.54) is 77.0 Å². The number of rotatable bonds is 19. The minimum Gasteiger partial charge on any atom is -0.544 e. The largest absolute Gasteiger partial charge is 0.544 e. The molecule has 35 heavy (non-hydrogen) atoms. The summed E-state index contributed by atoms with van der Waals surface area (Å²) in [5.41, 5.74) is 1.74. The van der Waals surface area contributed by atoms with Gasteiger partial charge in [0.1, 0.15) is 11.3 Å². The van der Waals surface area contributed by atoms with Crippen LogP contribution in [0.3, 0.4) is 0 Å². The van der Waals surface area contributed by atoms with Gasteiger partial charge in [0.05, 0.1) is 0 Å². The first-order valence-electron chi connectivity index (χ1n) is 14.2. The average molecular weight is 519 g/mol. The third-order valence-electron chi connectivity index (χ3n) is 5.84. The molecule has 0 N–H and O–H groups in total. The summed E-state index contributed by atoms with van der Waals surface area (Å²) in [5.74, 6) is 0.503. The minimum atomic E-state index is -1.98. The Balaban J connectivity index is 2.40. The molecule has 200 valence electrons. The van der Waals surface area contributed by atoms with Gasteiger partial charge in [0.2, 0.25) is 16.6 Å². The first-order valence-corrected chi connectivity index (χ1v) is 21.0. The van der Waals surface area contributed by atoms with Crippen molar-refractivity contribution in [2.24, 2.45) is 0 Å². The predicted molar refractivity (Wildman–Crippen MR) is 158 cm³/mol. The van der Waals surface area contributed by atoms with Crippen LogP contribution in [-0.4, -0.2) is 22.6 Å². The molecule has 0 saturated carbocycles. The Morgan fingerprint density at radius 2 is 1.29 bits per heavy atom. The van der Waals surface area contributed by atoms with E-state index in [9.17, 15) is 4.79 Å². The number of hydrogen-bond donors (Lipinski definition) is 0. The lowest BCUT2D eigenvalue weighted by molar-refractivity contribution is 0.0721. The predicted octanol–water partition coefficient (Wildman–Crippen LogP) is 10.1. The number of aryl methyl sites for hydroxylation is 1. The summed E-state index contributed by atoms with van der Waals surface area (Å²) in [7, 11) is -3.81. The fraction of sp³-hybridized carbons (Fsp3) is 0.700. The lowest BCUT2D eigenvalue weighted by Gasteiger charge is -2.24. The van der Waals surface area contributed by atoms with E-state index in [4.69, 9.17) is 8.85 Å².